The molecule has 1 aliphatic carbocycles. The Labute approximate surface area is 158 Å². The Kier molecular flexibility index (Phi) is 11.9. The average Bonchev–Trinajstić information content (AvgIpc) is 2.46. The van der Waals surface area contributed by atoms with Crippen molar-refractivity contribution in [3.05, 3.63) is 11.6 Å². The maximum absolute atomic E-state index is 11.2. The second-order valence-electron chi connectivity index (χ2n) is 6.08. The Morgan fingerprint density at radius 2 is 2.13 bits per heavy atom. The van der Waals surface area contributed by atoms with Gasteiger partial charge in [0, 0.05) is 25.4 Å². The molecule has 0 fully saturated rings. The molecule has 1 rings (SSSR count). The second kappa shape index (κ2) is 12.1. The molecule has 0 saturated carbocycles. The number of aliphatic imine (C=N–C) groups is 1. The first-order chi connectivity index (χ1) is 10.4. The van der Waals surface area contributed by atoms with Crippen LogP contribution in [0.3, 0.4) is 0 Å². The van der Waals surface area contributed by atoms with Crippen molar-refractivity contribution in [2.45, 2.75) is 58.4 Å². The van der Waals surface area contributed by atoms with E-state index in [-0.39, 0.29) is 35.8 Å². The average molecular weight is 457 g/mol. The number of allylic oxidation sites excluding steroid dienone is 1. The molecule has 5 nitrogen and oxygen atoms in total. The molecular weight excluding hydrogens is 425 g/mol. The van der Waals surface area contributed by atoms with Crippen LogP contribution in [0.15, 0.2) is 16.6 Å². The molecule has 0 saturated heterocycles. The minimum absolute atomic E-state index is 0. The second-order valence-corrected chi connectivity index (χ2v) is 8.34. The van der Waals surface area contributed by atoms with Gasteiger partial charge in [-0.25, -0.2) is 8.42 Å². The molecule has 0 amide bonds. The van der Waals surface area contributed by atoms with E-state index < -0.39 is 9.84 Å². The van der Waals surface area contributed by atoms with Crippen LogP contribution in [0.2, 0.25) is 0 Å². The van der Waals surface area contributed by atoms with E-state index in [9.17, 15) is 8.42 Å². The summed E-state index contributed by atoms with van der Waals surface area (Å²) in [5, 5.41) is 6.50. The summed E-state index contributed by atoms with van der Waals surface area (Å²) in [7, 11) is -2.91. The van der Waals surface area contributed by atoms with Gasteiger partial charge in [0.25, 0.3) is 0 Å². The lowest BCUT2D eigenvalue weighted by molar-refractivity contribution is 0.581. The fourth-order valence-corrected chi connectivity index (χ4v) is 3.24. The Hall–Kier alpha value is -0.310. The van der Waals surface area contributed by atoms with Gasteiger partial charge in [0.05, 0.1) is 5.75 Å². The van der Waals surface area contributed by atoms with Gasteiger partial charge in [-0.05, 0) is 52.4 Å². The van der Waals surface area contributed by atoms with E-state index >= 15 is 0 Å². The fraction of sp³-hybridized carbons (Fsp3) is 0.812. The van der Waals surface area contributed by atoms with E-state index in [4.69, 9.17) is 0 Å². The smallest absolute Gasteiger partial charge is 0.191 e. The molecule has 1 atom stereocenters. The topological polar surface area (TPSA) is 70.6 Å². The van der Waals surface area contributed by atoms with Crippen molar-refractivity contribution in [1.29, 1.82) is 0 Å². The Morgan fingerprint density at radius 1 is 1.39 bits per heavy atom. The summed E-state index contributed by atoms with van der Waals surface area (Å²) in [5.41, 5.74) is 1.52. The number of halogens is 1. The molecule has 0 aromatic carbocycles. The Balaban J connectivity index is 0.00000484. The van der Waals surface area contributed by atoms with Crippen LogP contribution in [-0.2, 0) is 9.84 Å². The standard InChI is InChI=1S/C16H31N3O2S.HI/c1-4-17-16(19-14(2)11-13-22(3,20)21)18-12-10-15-8-6-5-7-9-15;/h8,14H,4-7,9-13H2,1-3H3,(H2,17,18,19);1H. The van der Waals surface area contributed by atoms with Crippen LogP contribution in [0.1, 0.15) is 52.4 Å². The van der Waals surface area contributed by atoms with Crippen LogP contribution in [0.5, 0.6) is 0 Å². The lowest BCUT2D eigenvalue weighted by Crippen LogP contribution is -2.42. The van der Waals surface area contributed by atoms with E-state index in [1.54, 1.807) is 0 Å². The molecule has 1 unspecified atom stereocenters. The van der Waals surface area contributed by atoms with Crippen LogP contribution in [0, 0.1) is 0 Å². The number of hydrogen-bond donors (Lipinski definition) is 2. The van der Waals surface area contributed by atoms with Gasteiger partial charge in [0.1, 0.15) is 9.84 Å². The zero-order chi connectivity index (χ0) is 16.4. The number of guanidine groups is 1. The maximum atomic E-state index is 11.2. The SMILES string of the molecule is CCNC(=NCCC1=CCCCC1)NC(C)CCS(C)(=O)=O.I. The predicted molar refractivity (Wildman–Crippen MR) is 109 cm³/mol. The first-order valence-corrected chi connectivity index (χ1v) is 10.4. The number of nitrogens with zero attached hydrogens (tertiary/aromatic N) is 1. The van der Waals surface area contributed by atoms with Crippen LogP contribution in [0.25, 0.3) is 0 Å². The van der Waals surface area contributed by atoms with Crippen molar-refractivity contribution in [3.63, 3.8) is 0 Å². The van der Waals surface area contributed by atoms with Crippen molar-refractivity contribution >= 4 is 39.8 Å². The summed E-state index contributed by atoms with van der Waals surface area (Å²) in [6, 6.07) is 0.0846. The van der Waals surface area contributed by atoms with Crippen molar-refractivity contribution in [3.8, 4) is 0 Å². The third-order valence-corrected chi connectivity index (χ3v) is 4.71. The Bertz CT molecular complexity index is 490. The normalized spacial score (nSPS) is 17.0. The van der Waals surface area contributed by atoms with Crippen molar-refractivity contribution in [1.82, 2.24) is 10.6 Å². The van der Waals surface area contributed by atoms with Gasteiger partial charge in [-0.3, -0.25) is 4.99 Å². The van der Waals surface area contributed by atoms with Crippen LogP contribution in [-0.4, -0.2) is 45.5 Å². The van der Waals surface area contributed by atoms with Crippen molar-refractivity contribution in [2.24, 2.45) is 4.99 Å². The molecule has 0 heterocycles. The van der Waals surface area contributed by atoms with E-state index in [0.29, 0.717) is 6.42 Å². The quantitative estimate of drug-likeness (QED) is 0.255. The van der Waals surface area contributed by atoms with Gasteiger partial charge in [0.15, 0.2) is 5.96 Å². The first-order valence-electron chi connectivity index (χ1n) is 8.31. The molecular formula is C16H32IN3O2S. The number of rotatable bonds is 8. The van der Waals surface area contributed by atoms with E-state index in [2.05, 4.69) is 21.7 Å². The van der Waals surface area contributed by atoms with Gasteiger partial charge in [-0.2, -0.15) is 0 Å². The molecule has 2 N–H and O–H groups in total. The van der Waals surface area contributed by atoms with Gasteiger partial charge in [-0.15, -0.1) is 24.0 Å². The van der Waals surface area contributed by atoms with Gasteiger partial charge >= 0.3 is 0 Å². The van der Waals surface area contributed by atoms with Crippen molar-refractivity contribution < 1.29 is 8.42 Å². The number of hydrogen-bond acceptors (Lipinski definition) is 3. The van der Waals surface area contributed by atoms with Gasteiger partial charge < -0.3 is 10.6 Å². The molecule has 7 heteroatoms. The van der Waals surface area contributed by atoms with Crippen LogP contribution < -0.4 is 10.6 Å². The molecule has 0 aliphatic heterocycles. The minimum atomic E-state index is -2.91. The summed E-state index contributed by atoms with van der Waals surface area (Å²) in [6.07, 6.45) is 10.3. The zero-order valence-electron chi connectivity index (χ0n) is 14.6. The maximum Gasteiger partial charge on any atom is 0.191 e. The zero-order valence-corrected chi connectivity index (χ0v) is 17.7. The predicted octanol–water partition coefficient (Wildman–Crippen LogP) is 2.87. The molecule has 23 heavy (non-hydrogen) atoms. The summed E-state index contributed by atoms with van der Waals surface area (Å²) in [4.78, 5) is 4.60. The Morgan fingerprint density at radius 3 is 2.70 bits per heavy atom. The van der Waals surface area contributed by atoms with Gasteiger partial charge in [-0.1, -0.05) is 11.6 Å². The van der Waals surface area contributed by atoms with E-state index in [0.717, 1.165) is 25.5 Å². The molecule has 0 radical (unpaired) electrons. The molecule has 0 bridgehead atoms. The van der Waals surface area contributed by atoms with Crippen LogP contribution in [0.4, 0.5) is 0 Å². The molecule has 0 aromatic heterocycles. The van der Waals surface area contributed by atoms with Crippen molar-refractivity contribution in [2.75, 3.05) is 25.1 Å². The fourth-order valence-electron chi connectivity index (χ4n) is 2.46. The highest BCUT2D eigenvalue weighted by Crippen LogP contribution is 2.19. The highest BCUT2D eigenvalue weighted by Gasteiger charge is 2.09. The number of sulfone groups is 1. The van der Waals surface area contributed by atoms with Gasteiger partial charge in [0.2, 0.25) is 0 Å². The summed E-state index contributed by atoms with van der Waals surface area (Å²) in [6.45, 7) is 5.59. The number of nitrogens with one attached hydrogen (secondary N) is 2. The molecule has 0 spiro atoms. The molecule has 1 aliphatic rings. The largest absolute Gasteiger partial charge is 0.357 e. The highest BCUT2D eigenvalue weighted by molar-refractivity contribution is 14.0. The van der Waals surface area contributed by atoms with E-state index in [1.165, 1.54) is 37.5 Å². The highest BCUT2D eigenvalue weighted by atomic mass is 127. The summed E-state index contributed by atoms with van der Waals surface area (Å²) in [5.74, 6) is 0.980. The third kappa shape index (κ3) is 11.8. The molecule has 0 aromatic rings. The van der Waals surface area contributed by atoms with Crippen LogP contribution >= 0.6 is 24.0 Å². The lowest BCUT2D eigenvalue weighted by atomic mass is 9.97. The summed E-state index contributed by atoms with van der Waals surface area (Å²) >= 11 is 0. The summed E-state index contributed by atoms with van der Waals surface area (Å²) < 4.78 is 22.4. The monoisotopic (exact) mass is 457 g/mol. The minimum Gasteiger partial charge on any atom is -0.357 e. The first kappa shape index (κ1) is 22.7. The van der Waals surface area contributed by atoms with E-state index in [1.807, 2.05) is 13.8 Å². The lowest BCUT2D eigenvalue weighted by Gasteiger charge is -2.18. The molecule has 136 valence electrons. The third-order valence-electron chi connectivity index (χ3n) is 3.74.